The Morgan fingerprint density at radius 2 is 2.15 bits per heavy atom. The zero-order chi connectivity index (χ0) is 19.0. The number of aromatic nitrogens is 3. The van der Waals surface area contributed by atoms with Crippen LogP contribution in [0.5, 0.6) is 0 Å². The topological polar surface area (TPSA) is 62.2 Å². The second-order valence-corrected chi connectivity index (χ2v) is 7.27. The lowest BCUT2D eigenvalue weighted by Gasteiger charge is -2.30. The first-order valence-electron chi connectivity index (χ1n) is 8.53. The van der Waals surface area contributed by atoms with Crippen molar-refractivity contribution in [1.29, 1.82) is 0 Å². The van der Waals surface area contributed by atoms with E-state index in [4.69, 9.17) is 0 Å². The second kappa shape index (κ2) is 7.03. The molecule has 0 saturated carbocycles. The van der Waals surface area contributed by atoms with Gasteiger partial charge in [-0.1, -0.05) is 12.1 Å². The van der Waals surface area contributed by atoms with Gasteiger partial charge in [-0.3, -0.25) is 4.79 Å². The lowest BCUT2D eigenvalue weighted by atomic mass is 10.0. The first-order valence-corrected chi connectivity index (χ1v) is 9.47. The third-order valence-electron chi connectivity index (χ3n) is 4.48. The van der Waals surface area contributed by atoms with Crippen molar-refractivity contribution in [2.45, 2.75) is 13.0 Å². The first kappa shape index (κ1) is 17.5. The molecule has 0 saturated heterocycles. The van der Waals surface area contributed by atoms with Crippen molar-refractivity contribution in [3.63, 3.8) is 0 Å². The van der Waals surface area contributed by atoms with Crippen molar-refractivity contribution in [1.82, 2.24) is 19.9 Å². The molecule has 1 amide bonds. The number of carbonyl (C=O) groups excluding carboxylic acids is 1. The molecule has 8 heteroatoms. The number of hydrogen-bond acceptors (Lipinski definition) is 6. The van der Waals surface area contributed by atoms with Crippen LogP contribution in [0.4, 0.5) is 10.2 Å². The van der Waals surface area contributed by atoms with Gasteiger partial charge in [0.15, 0.2) is 5.82 Å². The predicted molar refractivity (Wildman–Crippen MR) is 102 cm³/mol. The third-order valence-corrected chi connectivity index (χ3v) is 5.07. The van der Waals surface area contributed by atoms with Gasteiger partial charge in [0.25, 0.3) is 5.91 Å². The molecule has 0 bridgehead atoms. The average Bonchev–Trinajstić information content (AvgIpc) is 3.20. The van der Waals surface area contributed by atoms with Crippen molar-refractivity contribution in [2.24, 2.45) is 0 Å². The van der Waals surface area contributed by atoms with E-state index in [2.05, 4.69) is 15.0 Å². The van der Waals surface area contributed by atoms with Crippen molar-refractivity contribution in [3.05, 3.63) is 57.9 Å². The van der Waals surface area contributed by atoms with E-state index in [-0.39, 0.29) is 11.7 Å². The maximum atomic E-state index is 13.6. The van der Waals surface area contributed by atoms with Crippen LogP contribution in [-0.2, 0) is 13.0 Å². The molecule has 0 aliphatic carbocycles. The number of fused-ring (bicyclic) bond motifs is 1. The number of amides is 1. The summed E-state index contributed by atoms with van der Waals surface area (Å²) < 4.78 is 13.6. The zero-order valence-electron chi connectivity index (χ0n) is 15.0. The van der Waals surface area contributed by atoms with Crippen LogP contribution in [0.25, 0.3) is 11.4 Å². The zero-order valence-corrected chi connectivity index (χ0v) is 15.8. The highest BCUT2D eigenvalue weighted by atomic mass is 32.1. The van der Waals surface area contributed by atoms with Crippen LogP contribution in [0, 0.1) is 5.82 Å². The molecule has 27 heavy (non-hydrogen) atoms. The Bertz CT molecular complexity index is 990. The van der Waals surface area contributed by atoms with E-state index in [9.17, 15) is 9.18 Å². The van der Waals surface area contributed by atoms with Crippen LogP contribution in [0.3, 0.4) is 0 Å². The van der Waals surface area contributed by atoms with Crippen LogP contribution in [0.15, 0.2) is 35.2 Å². The van der Waals surface area contributed by atoms with Gasteiger partial charge in [-0.15, -0.1) is 11.3 Å². The minimum absolute atomic E-state index is 0.0826. The Morgan fingerprint density at radius 1 is 1.30 bits per heavy atom. The molecule has 3 aromatic rings. The van der Waals surface area contributed by atoms with Crippen LogP contribution in [0.2, 0.25) is 0 Å². The van der Waals surface area contributed by atoms with Crippen molar-refractivity contribution < 1.29 is 9.18 Å². The molecule has 2 aromatic heterocycles. The van der Waals surface area contributed by atoms with Crippen molar-refractivity contribution in [3.8, 4) is 11.4 Å². The Labute approximate surface area is 160 Å². The molecular formula is C19H18FN5OS. The molecule has 0 fully saturated rings. The maximum Gasteiger partial charge on any atom is 0.273 e. The average molecular weight is 383 g/mol. The highest BCUT2D eigenvalue weighted by Crippen LogP contribution is 2.29. The molecule has 0 N–H and O–H groups in total. The molecule has 138 valence electrons. The molecule has 6 nitrogen and oxygen atoms in total. The summed E-state index contributed by atoms with van der Waals surface area (Å²) in [7, 11) is 3.80. The lowest BCUT2D eigenvalue weighted by molar-refractivity contribution is 0.0728. The van der Waals surface area contributed by atoms with Gasteiger partial charge >= 0.3 is 0 Å². The normalized spacial score (nSPS) is 13.4. The number of benzene rings is 1. The summed E-state index contributed by atoms with van der Waals surface area (Å²) in [5, 5.41) is 1.76. The Hall–Kier alpha value is -2.87. The summed E-state index contributed by atoms with van der Waals surface area (Å²) in [6, 6.07) is 6.28. The van der Waals surface area contributed by atoms with E-state index in [1.165, 1.54) is 23.5 Å². The Balaban J connectivity index is 1.72. The summed E-state index contributed by atoms with van der Waals surface area (Å²) in [6.45, 7) is 0.998. The number of rotatable bonds is 3. The molecule has 1 aliphatic heterocycles. The fourth-order valence-electron chi connectivity index (χ4n) is 3.18. The van der Waals surface area contributed by atoms with E-state index in [0.717, 1.165) is 17.1 Å². The van der Waals surface area contributed by atoms with Gasteiger partial charge in [0.05, 0.1) is 17.7 Å². The molecule has 0 radical (unpaired) electrons. The summed E-state index contributed by atoms with van der Waals surface area (Å²) in [5.74, 6) is 0.840. The largest absolute Gasteiger partial charge is 0.362 e. The van der Waals surface area contributed by atoms with Gasteiger partial charge in [0, 0.05) is 43.6 Å². The first-order chi connectivity index (χ1) is 13.0. The summed E-state index contributed by atoms with van der Waals surface area (Å²) in [4.78, 5) is 29.8. The van der Waals surface area contributed by atoms with Crippen molar-refractivity contribution in [2.75, 3.05) is 25.5 Å². The molecule has 0 atom stereocenters. The number of nitrogens with zero attached hydrogens (tertiary/aromatic N) is 5. The molecule has 1 aliphatic rings. The highest BCUT2D eigenvalue weighted by Gasteiger charge is 2.27. The summed E-state index contributed by atoms with van der Waals surface area (Å²) in [6.07, 6.45) is 0.622. The maximum absolute atomic E-state index is 13.6. The predicted octanol–water partition coefficient (Wildman–Crippen LogP) is 3.00. The lowest BCUT2D eigenvalue weighted by Crippen LogP contribution is -2.37. The van der Waals surface area contributed by atoms with Crippen LogP contribution in [0.1, 0.15) is 21.7 Å². The van der Waals surface area contributed by atoms with Gasteiger partial charge in [0.1, 0.15) is 17.3 Å². The van der Waals surface area contributed by atoms with Gasteiger partial charge < -0.3 is 9.80 Å². The molecule has 0 spiro atoms. The van der Waals surface area contributed by atoms with E-state index in [0.29, 0.717) is 36.6 Å². The van der Waals surface area contributed by atoms with Crippen LogP contribution >= 0.6 is 11.3 Å². The van der Waals surface area contributed by atoms with Gasteiger partial charge in [0.2, 0.25) is 0 Å². The SMILES string of the molecule is CN(C)c1nc(-c2cccc(F)c2)nc2c1CN(C(=O)c1cscn1)CC2. The van der Waals surface area contributed by atoms with Gasteiger partial charge in [-0.25, -0.2) is 19.3 Å². The fraction of sp³-hybridized carbons (Fsp3) is 0.263. The van der Waals surface area contributed by atoms with E-state index >= 15 is 0 Å². The molecule has 3 heterocycles. The van der Waals surface area contributed by atoms with E-state index in [1.807, 2.05) is 19.0 Å². The van der Waals surface area contributed by atoms with E-state index in [1.54, 1.807) is 27.9 Å². The minimum atomic E-state index is -0.319. The quantitative estimate of drug-likeness (QED) is 0.696. The number of thiazole rings is 1. The third kappa shape index (κ3) is 3.40. The number of anilines is 1. The minimum Gasteiger partial charge on any atom is -0.362 e. The highest BCUT2D eigenvalue weighted by molar-refractivity contribution is 7.07. The molecular weight excluding hydrogens is 365 g/mol. The Kier molecular flexibility index (Phi) is 4.57. The molecule has 0 unspecified atom stereocenters. The Morgan fingerprint density at radius 3 is 2.85 bits per heavy atom. The standard InChI is InChI=1S/C19H18FN5OS/c1-24(2)18-14-9-25(19(26)16-10-27-11-21-16)7-6-15(14)22-17(23-18)12-4-3-5-13(20)8-12/h3-5,8,10-11H,6-7,9H2,1-2H3. The molecule has 4 rings (SSSR count). The second-order valence-electron chi connectivity index (χ2n) is 6.55. The van der Waals surface area contributed by atoms with Crippen molar-refractivity contribution >= 4 is 23.1 Å². The van der Waals surface area contributed by atoms with Gasteiger partial charge in [-0.05, 0) is 12.1 Å². The number of hydrogen-bond donors (Lipinski definition) is 0. The molecule has 1 aromatic carbocycles. The number of carbonyl (C=O) groups is 1. The fourth-order valence-corrected chi connectivity index (χ4v) is 3.70. The summed E-state index contributed by atoms with van der Waals surface area (Å²) >= 11 is 1.40. The van der Waals surface area contributed by atoms with E-state index < -0.39 is 0 Å². The van der Waals surface area contributed by atoms with Gasteiger partial charge in [-0.2, -0.15) is 0 Å². The monoisotopic (exact) mass is 383 g/mol. The smallest absolute Gasteiger partial charge is 0.273 e. The van der Waals surface area contributed by atoms with Crippen LogP contribution < -0.4 is 4.90 Å². The summed E-state index contributed by atoms with van der Waals surface area (Å²) in [5.41, 5.74) is 4.59. The number of halogens is 1. The van der Waals surface area contributed by atoms with Crippen LogP contribution in [-0.4, -0.2) is 46.4 Å².